The van der Waals surface area contributed by atoms with E-state index in [1.807, 2.05) is 0 Å². The molecule has 0 N–H and O–H groups in total. The molecule has 0 atom stereocenters. The predicted octanol–water partition coefficient (Wildman–Crippen LogP) is 2.55. The fourth-order valence-corrected chi connectivity index (χ4v) is 4.35. The summed E-state index contributed by atoms with van der Waals surface area (Å²) in [7, 11) is -3.48. The van der Waals surface area contributed by atoms with Crippen molar-refractivity contribution < 1.29 is 17.6 Å². The number of sulfone groups is 1. The molecule has 1 saturated heterocycles. The van der Waals surface area contributed by atoms with Crippen molar-refractivity contribution in [3.8, 4) is 11.4 Å². The van der Waals surface area contributed by atoms with Crippen LogP contribution in [0.4, 0.5) is 0 Å². The molecule has 9 heteroatoms. The number of rotatable bonds is 4. The van der Waals surface area contributed by atoms with E-state index in [9.17, 15) is 13.2 Å². The van der Waals surface area contributed by atoms with Gasteiger partial charge >= 0.3 is 0 Å². The van der Waals surface area contributed by atoms with E-state index in [2.05, 4.69) is 15.0 Å². The van der Waals surface area contributed by atoms with Gasteiger partial charge in [-0.2, -0.15) is 0 Å². The Labute approximate surface area is 168 Å². The van der Waals surface area contributed by atoms with Crippen LogP contribution in [0.1, 0.15) is 35.0 Å². The van der Waals surface area contributed by atoms with E-state index in [0.717, 1.165) is 11.8 Å². The van der Waals surface area contributed by atoms with Crippen molar-refractivity contribution in [3.05, 3.63) is 60.6 Å². The van der Waals surface area contributed by atoms with Crippen LogP contribution in [0.2, 0.25) is 0 Å². The van der Waals surface area contributed by atoms with Gasteiger partial charge in [0.2, 0.25) is 0 Å². The topological polar surface area (TPSA) is 106 Å². The minimum atomic E-state index is -3.48. The Morgan fingerprint density at radius 3 is 2.52 bits per heavy atom. The zero-order valence-corrected chi connectivity index (χ0v) is 16.7. The van der Waals surface area contributed by atoms with Crippen LogP contribution in [-0.4, -0.2) is 53.5 Å². The summed E-state index contributed by atoms with van der Waals surface area (Å²) >= 11 is 0. The number of piperidine rings is 1. The molecule has 4 rings (SSSR count). The van der Waals surface area contributed by atoms with E-state index in [1.54, 1.807) is 41.6 Å². The van der Waals surface area contributed by atoms with E-state index in [1.165, 1.54) is 12.5 Å². The summed E-state index contributed by atoms with van der Waals surface area (Å²) in [6, 6.07) is 6.88. The first-order valence-electron chi connectivity index (χ1n) is 9.23. The van der Waals surface area contributed by atoms with Crippen molar-refractivity contribution in [2.24, 2.45) is 0 Å². The van der Waals surface area contributed by atoms with Crippen LogP contribution < -0.4 is 0 Å². The fourth-order valence-electron chi connectivity index (χ4n) is 3.51. The van der Waals surface area contributed by atoms with E-state index in [-0.39, 0.29) is 16.7 Å². The maximum absolute atomic E-state index is 12.5. The molecule has 1 amide bonds. The van der Waals surface area contributed by atoms with Crippen molar-refractivity contribution >= 4 is 15.7 Å². The molecule has 0 saturated carbocycles. The highest BCUT2D eigenvalue weighted by molar-refractivity contribution is 7.90. The van der Waals surface area contributed by atoms with Gasteiger partial charge in [-0.3, -0.25) is 9.78 Å². The van der Waals surface area contributed by atoms with Crippen molar-refractivity contribution in [2.45, 2.75) is 23.7 Å². The number of furan rings is 1. The third-order valence-electron chi connectivity index (χ3n) is 5.02. The SMILES string of the molecule is CS(=O)(=O)c1cnc(-c2ccncc2)nc1C1CCN(C(=O)c2ccco2)CC1. The minimum Gasteiger partial charge on any atom is -0.459 e. The molecule has 0 aromatic carbocycles. The van der Waals surface area contributed by atoms with Gasteiger partial charge in [0.15, 0.2) is 21.4 Å². The molecule has 3 aromatic heterocycles. The number of hydrogen-bond acceptors (Lipinski definition) is 7. The van der Waals surface area contributed by atoms with Crippen molar-refractivity contribution in [1.82, 2.24) is 19.9 Å². The number of likely N-dealkylation sites (tertiary alicyclic amines) is 1. The molecular formula is C20H20N4O4S. The highest BCUT2D eigenvalue weighted by atomic mass is 32.2. The third kappa shape index (κ3) is 4.04. The van der Waals surface area contributed by atoms with Crippen molar-refractivity contribution in [2.75, 3.05) is 19.3 Å². The molecule has 3 aromatic rings. The van der Waals surface area contributed by atoms with E-state index in [0.29, 0.717) is 43.2 Å². The van der Waals surface area contributed by atoms with Gasteiger partial charge in [-0.1, -0.05) is 0 Å². The summed E-state index contributed by atoms with van der Waals surface area (Å²) in [5, 5.41) is 0. The van der Waals surface area contributed by atoms with Crippen LogP contribution in [0.5, 0.6) is 0 Å². The molecule has 4 heterocycles. The first kappa shape index (κ1) is 19.3. The number of carbonyl (C=O) groups excluding carboxylic acids is 1. The van der Waals surface area contributed by atoms with Gasteiger partial charge < -0.3 is 9.32 Å². The van der Waals surface area contributed by atoms with Gasteiger partial charge in [0.05, 0.1) is 12.0 Å². The number of carbonyl (C=O) groups is 1. The lowest BCUT2D eigenvalue weighted by molar-refractivity contribution is 0.0679. The Bertz CT molecular complexity index is 1110. The van der Waals surface area contributed by atoms with E-state index < -0.39 is 9.84 Å². The van der Waals surface area contributed by atoms with Crippen LogP contribution in [0, 0.1) is 0 Å². The molecule has 0 aliphatic carbocycles. The highest BCUT2D eigenvalue weighted by Gasteiger charge is 2.30. The number of amides is 1. The van der Waals surface area contributed by atoms with E-state index in [4.69, 9.17) is 4.42 Å². The summed E-state index contributed by atoms with van der Waals surface area (Å²) in [4.78, 5) is 27.2. The largest absolute Gasteiger partial charge is 0.459 e. The molecule has 0 bridgehead atoms. The summed E-state index contributed by atoms with van der Waals surface area (Å²) < 4.78 is 29.8. The smallest absolute Gasteiger partial charge is 0.289 e. The van der Waals surface area contributed by atoms with Gasteiger partial charge in [-0.15, -0.1) is 0 Å². The molecule has 150 valence electrons. The fraction of sp³-hybridized carbons (Fsp3) is 0.300. The predicted molar refractivity (Wildman–Crippen MR) is 105 cm³/mol. The quantitative estimate of drug-likeness (QED) is 0.648. The van der Waals surface area contributed by atoms with Gasteiger partial charge in [-0.25, -0.2) is 18.4 Å². The number of nitrogens with zero attached hydrogens (tertiary/aromatic N) is 4. The molecule has 1 aliphatic rings. The molecular weight excluding hydrogens is 392 g/mol. The Morgan fingerprint density at radius 2 is 1.90 bits per heavy atom. The summed E-state index contributed by atoms with van der Waals surface area (Å²) in [5.74, 6) is 0.534. The standard InChI is InChI=1S/C20H20N4O4S/c1-29(26,27)17-13-22-19(15-4-8-21-9-5-15)23-18(17)14-6-10-24(11-7-14)20(25)16-3-2-12-28-16/h2-5,8-9,12-14H,6-7,10-11H2,1H3. The van der Waals surface area contributed by atoms with Crippen LogP contribution in [-0.2, 0) is 9.84 Å². The van der Waals surface area contributed by atoms with Gasteiger partial charge in [0, 0.05) is 49.4 Å². The Hall–Kier alpha value is -3.07. The maximum Gasteiger partial charge on any atom is 0.289 e. The van der Waals surface area contributed by atoms with Crippen LogP contribution in [0.15, 0.2) is 58.4 Å². The van der Waals surface area contributed by atoms with Gasteiger partial charge in [0.25, 0.3) is 5.91 Å². The Morgan fingerprint density at radius 1 is 1.17 bits per heavy atom. The first-order chi connectivity index (χ1) is 13.9. The summed E-state index contributed by atoms with van der Waals surface area (Å²) in [5.41, 5.74) is 1.28. The Balaban J connectivity index is 1.61. The molecule has 0 spiro atoms. The van der Waals surface area contributed by atoms with Crippen molar-refractivity contribution in [3.63, 3.8) is 0 Å². The monoisotopic (exact) mass is 412 g/mol. The molecule has 1 fully saturated rings. The van der Waals surface area contributed by atoms with Crippen LogP contribution >= 0.6 is 0 Å². The molecule has 1 aliphatic heterocycles. The molecule has 29 heavy (non-hydrogen) atoms. The highest BCUT2D eigenvalue weighted by Crippen LogP contribution is 2.32. The normalized spacial score (nSPS) is 15.4. The Kier molecular flexibility index (Phi) is 5.14. The average Bonchev–Trinajstić information content (AvgIpc) is 3.28. The minimum absolute atomic E-state index is 0.0797. The van der Waals surface area contributed by atoms with Crippen LogP contribution in [0.25, 0.3) is 11.4 Å². The van der Waals surface area contributed by atoms with Crippen LogP contribution in [0.3, 0.4) is 0 Å². The van der Waals surface area contributed by atoms with E-state index >= 15 is 0 Å². The molecule has 0 unspecified atom stereocenters. The number of pyridine rings is 1. The second kappa shape index (κ2) is 7.75. The summed E-state index contributed by atoms with van der Waals surface area (Å²) in [6.07, 6.45) is 8.53. The lowest BCUT2D eigenvalue weighted by Gasteiger charge is -2.31. The second-order valence-electron chi connectivity index (χ2n) is 6.99. The number of aromatic nitrogens is 3. The first-order valence-corrected chi connectivity index (χ1v) is 11.1. The zero-order valence-electron chi connectivity index (χ0n) is 15.9. The number of hydrogen-bond donors (Lipinski definition) is 0. The lowest BCUT2D eigenvalue weighted by Crippen LogP contribution is -2.38. The summed E-state index contributed by atoms with van der Waals surface area (Å²) in [6.45, 7) is 1.00. The maximum atomic E-state index is 12.5. The van der Waals surface area contributed by atoms with Gasteiger partial charge in [0.1, 0.15) is 4.90 Å². The van der Waals surface area contributed by atoms with Crippen molar-refractivity contribution in [1.29, 1.82) is 0 Å². The average molecular weight is 412 g/mol. The molecule has 8 nitrogen and oxygen atoms in total. The lowest BCUT2D eigenvalue weighted by atomic mass is 9.93. The second-order valence-corrected chi connectivity index (χ2v) is 8.98. The molecule has 0 radical (unpaired) electrons. The third-order valence-corrected chi connectivity index (χ3v) is 6.14. The zero-order chi connectivity index (χ0) is 20.4. The van der Waals surface area contributed by atoms with Gasteiger partial charge in [-0.05, 0) is 37.1 Å².